The lowest BCUT2D eigenvalue weighted by Crippen LogP contribution is -2.22. The Balaban J connectivity index is 3.50. The minimum atomic E-state index is -0.218. The molecule has 156 valence electrons. The molecule has 0 saturated heterocycles. The Hall–Kier alpha value is -1.50. The fourth-order valence-corrected chi connectivity index (χ4v) is 2.79. The molecule has 0 aromatic rings. The van der Waals surface area contributed by atoms with Gasteiger partial charge < -0.3 is 9.47 Å². The van der Waals surface area contributed by atoms with Gasteiger partial charge >= 0.3 is 11.9 Å². The summed E-state index contributed by atoms with van der Waals surface area (Å²) in [5.41, 5.74) is 0. The summed E-state index contributed by atoms with van der Waals surface area (Å²) >= 11 is 0. The highest BCUT2D eigenvalue weighted by Crippen LogP contribution is 2.12. The van der Waals surface area contributed by atoms with Gasteiger partial charge in [-0.15, -0.1) is 11.8 Å². The van der Waals surface area contributed by atoms with Crippen molar-refractivity contribution in [3.8, 4) is 11.8 Å². The molecule has 0 spiro atoms. The molecule has 0 aliphatic carbocycles. The van der Waals surface area contributed by atoms with Gasteiger partial charge in [-0.25, -0.2) is 0 Å². The van der Waals surface area contributed by atoms with E-state index in [2.05, 4.69) is 18.8 Å². The second-order valence-corrected chi connectivity index (χ2v) is 7.33. The number of carbonyl (C=O) groups is 2. The van der Waals surface area contributed by atoms with Crippen LogP contribution in [0, 0.1) is 17.8 Å². The van der Waals surface area contributed by atoms with Gasteiger partial charge in [0, 0.05) is 25.7 Å². The van der Waals surface area contributed by atoms with Gasteiger partial charge in [0.1, 0.15) is 6.10 Å². The van der Waals surface area contributed by atoms with Crippen molar-refractivity contribution in [2.45, 2.75) is 111 Å². The molecule has 0 fully saturated rings. The third-order valence-electron chi connectivity index (χ3n) is 4.45. The molecule has 1 unspecified atom stereocenters. The van der Waals surface area contributed by atoms with Crippen molar-refractivity contribution in [2.24, 2.45) is 5.92 Å². The maximum absolute atomic E-state index is 11.8. The van der Waals surface area contributed by atoms with Crippen molar-refractivity contribution in [3.05, 3.63) is 0 Å². The highest BCUT2D eigenvalue weighted by Gasteiger charge is 2.16. The normalized spacial score (nSPS) is 11.6. The maximum atomic E-state index is 11.8. The van der Waals surface area contributed by atoms with Crippen LogP contribution in [0.1, 0.15) is 105 Å². The van der Waals surface area contributed by atoms with Gasteiger partial charge in [-0.05, 0) is 31.6 Å². The second kappa shape index (κ2) is 17.9. The van der Waals surface area contributed by atoms with Crippen LogP contribution < -0.4 is 0 Å². The maximum Gasteiger partial charge on any atom is 0.306 e. The number of carbonyl (C=O) groups excluding carboxylic acids is 2. The predicted molar refractivity (Wildman–Crippen MR) is 110 cm³/mol. The van der Waals surface area contributed by atoms with Crippen LogP contribution in [0.5, 0.6) is 0 Å². The minimum absolute atomic E-state index is 0.0336. The van der Waals surface area contributed by atoms with E-state index in [1.54, 1.807) is 0 Å². The zero-order valence-corrected chi connectivity index (χ0v) is 18.0. The first kappa shape index (κ1) is 25.5. The van der Waals surface area contributed by atoms with E-state index in [1.807, 2.05) is 20.8 Å². The fraction of sp³-hybridized carbons (Fsp3) is 0.826. The molecule has 0 aromatic carbocycles. The molecule has 0 aromatic heterocycles. The standard InChI is InChI=1S/C23H40O4/c1-5-7-8-9-10-11-12-13-14-15-19-26-22(24)17-16-18-23(25)27-21(6-2)20(3)4/h20-21H,5-6,9-19H2,1-4H3. The minimum Gasteiger partial charge on any atom is -0.466 e. The quantitative estimate of drug-likeness (QED) is 0.204. The largest absolute Gasteiger partial charge is 0.466 e. The van der Waals surface area contributed by atoms with E-state index in [0.29, 0.717) is 18.9 Å². The van der Waals surface area contributed by atoms with Crippen LogP contribution in [0.15, 0.2) is 0 Å². The average Bonchev–Trinajstić information content (AvgIpc) is 2.63. The Morgan fingerprint density at radius 3 is 2.07 bits per heavy atom. The second-order valence-electron chi connectivity index (χ2n) is 7.33. The van der Waals surface area contributed by atoms with Crippen LogP contribution >= 0.6 is 0 Å². The van der Waals surface area contributed by atoms with Gasteiger partial charge in [-0.2, -0.15) is 0 Å². The van der Waals surface area contributed by atoms with Crippen molar-refractivity contribution >= 4 is 11.9 Å². The van der Waals surface area contributed by atoms with Gasteiger partial charge in [-0.1, -0.05) is 53.4 Å². The van der Waals surface area contributed by atoms with E-state index < -0.39 is 0 Å². The molecular weight excluding hydrogens is 340 g/mol. The molecule has 0 N–H and O–H groups in total. The lowest BCUT2D eigenvalue weighted by Gasteiger charge is -2.19. The highest BCUT2D eigenvalue weighted by atomic mass is 16.5. The smallest absolute Gasteiger partial charge is 0.306 e. The summed E-state index contributed by atoms with van der Waals surface area (Å²) in [4.78, 5) is 23.5. The van der Waals surface area contributed by atoms with Gasteiger partial charge in [0.15, 0.2) is 0 Å². The Morgan fingerprint density at radius 1 is 0.815 bits per heavy atom. The molecule has 0 bridgehead atoms. The predicted octanol–water partition coefficient (Wildman–Crippen LogP) is 5.82. The van der Waals surface area contributed by atoms with Crippen LogP contribution in [0.3, 0.4) is 0 Å². The molecule has 4 heteroatoms. The first-order chi connectivity index (χ1) is 13.0. The number of esters is 2. The van der Waals surface area contributed by atoms with Gasteiger partial charge in [0.05, 0.1) is 6.61 Å². The molecule has 0 radical (unpaired) electrons. The zero-order valence-electron chi connectivity index (χ0n) is 18.0. The van der Waals surface area contributed by atoms with E-state index >= 15 is 0 Å². The molecule has 1 atom stereocenters. The van der Waals surface area contributed by atoms with Crippen LogP contribution in [-0.4, -0.2) is 24.6 Å². The Labute approximate surface area is 166 Å². The van der Waals surface area contributed by atoms with E-state index in [4.69, 9.17) is 9.47 Å². The van der Waals surface area contributed by atoms with Gasteiger partial charge in [0.2, 0.25) is 0 Å². The molecular formula is C23H40O4. The highest BCUT2D eigenvalue weighted by molar-refractivity contribution is 5.72. The van der Waals surface area contributed by atoms with Gasteiger partial charge in [-0.3, -0.25) is 9.59 Å². The third-order valence-corrected chi connectivity index (χ3v) is 4.45. The van der Waals surface area contributed by atoms with E-state index in [9.17, 15) is 9.59 Å². The summed E-state index contributed by atoms with van der Waals surface area (Å²) in [5, 5.41) is 0. The molecule has 0 aliphatic heterocycles. The van der Waals surface area contributed by atoms with Crippen LogP contribution in [0.25, 0.3) is 0 Å². The monoisotopic (exact) mass is 380 g/mol. The molecule has 0 rings (SSSR count). The Bertz CT molecular complexity index is 445. The van der Waals surface area contributed by atoms with E-state index in [1.165, 1.54) is 25.7 Å². The summed E-state index contributed by atoms with van der Waals surface area (Å²) < 4.78 is 10.6. The third kappa shape index (κ3) is 16.4. The van der Waals surface area contributed by atoms with Crippen molar-refractivity contribution in [1.82, 2.24) is 0 Å². The fourth-order valence-electron chi connectivity index (χ4n) is 2.79. The first-order valence-corrected chi connectivity index (χ1v) is 10.8. The number of unbranched alkanes of at least 4 members (excludes halogenated alkanes) is 6. The SMILES string of the molecule is CCC#CCCCCCCCCOC(=O)CCCC(=O)OC(CC)C(C)C. The molecule has 4 nitrogen and oxygen atoms in total. The Morgan fingerprint density at radius 2 is 1.44 bits per heavy atom. The number of hydrogen-bond acceptors (Lipinski definition) is 4. The number of rotatable bonds is 15. The molecule has 0 aliphatic rings. The van der Waals surface area contributed by atoms with E-state index in [-0.39, 0.29) is 30.9 Å². The number of hydrogen-bond donors (Lipinski definition) is 0. The van der Waals surface area contributed by atoms with Crippen molar-refractivity contribution in [2.75, 3.05) is 6.61 Å². The Kier molecular flexibility index (Phi) is 16.9. The summed E-state index contributed by atoms with van der Waals surface area (Å²) in [7, 11) is 0. The first-order valence-electron chi connectivity index (χ1n) is 10.8. The molecule has 0 saturated carbocycles. The van der Waals surface area contributed by atoms with Crippen molar-refractivity contribution in [3.63, 3.8) is 0 Å². The summed E-state index contributed by atoms with van der Waals surface area (Å²) in [6, 6.07) is 0. The number of ether oxygens (including phenoxy) is 2. The van der Waals surface area contributed by atoms with Crippen molar-refractivity contribution in [1.29, 1.82) is 0 Å². The lowest BCUT2D eigenvalue weighted by molar-refractivity contribution is -0.151. The molecule has 27 heavy (non-hydrogen) atoms. The molecule has 0 heterocycles. The average molecular weight is 381 g/mol. The topological polar surface area (TPSA) is 52.6 Å². The van der Waals surface area contributed by atoms with Crippen molar-refractivity contribution < 1.29 is 19.1 Å². The molecule has 0 amide bonds. The summed E-state index contributed by atoms with van der Waals surface area (Å²) in [5.74, 6) is 6.14. The van der Waals surface area contributed by atoms with Crippen LogP contribution in [-0.2, 0) is 19.1 Å². The van der Waals surface area contributed by atoms with Crippen LogP contribution in [0.2, 0.25) is 0 Å². The zero-order chi connectivity index (χ0) is 20.3. The summed E-state index contributed by atoms with van der Waals surface area (Å²) in [6.07, 6.45) is 10.6. The lowest BCUT2D eigenvalue weighted by atomic mass is 10.1. The van der Waals surface area contributed by atoms with E-state index in [0.717, 1.165) is 32.1 Å². The summed E-state index contributed by atoms with van der Waals surface area (Å²) in [6.45, 7) is 8.65. The van der Waals surface area contributed by atoms with Gasteiger partial charge in [0.25, 0.3) is 0 Å². The van der Waals surface area contributed by atoms with Crippen LogP contribution in [0.4, 0.5) is 0 Å².